The molecule has 2 aliphatic rings. The van der Waals surface area contributed by atoms with E-state index in [0.717, 1.165) is 0 Å². The molecule has 0 N–H and O–H groups in total. The quantitative estimate of drug-likeness (QED) is 0.289. The maximum Gasteiger partial charge on any atom is -1.00 e. The molecule has 0 fully saturated rings. The summed E-state index contributed by atoms with van der Waals surface area (Å²) >= 11 is -1.16. The van der Waals surface area contributed by atoms with E-state index in [-0.39, 0.29) is 24.8 Å². The Morgan fingerprint density at radius 2 is 0.892 bits per heavy atom. The minimum Gasteiger partial charge on any atom is -1.00 e. The van der Waals surface area contributed by atoms with Crippen molar-refractivity contribution in [2.24, 2.45) is 11.8 Å². The van der Waals surface area contributed by atoms with Gasteiger partial charge in [0.15, 0.2) is 0 Å². The molecule has 2 atom stereocenters. The predicted molar refractivity (Wildman–Crippen MR) is 148 cm³/mol. The van der Waals surface area contributed by atoms with E-state index in [9.17, 15) is 0 Å². The first-order valence-electron chi connectivity index (χ1n) is 12.6. The number of benzene rings is 4. The van der Waals surface area contributed by atoms with Gasteiger partial charge in [-0.3, -0.25) is 0 Å². The summed E-state index contributed by atoms with van der Waals surface area (Å²) in [7, 11) is 0. The summed E-state index contributed by atoms with van der Waals surface area (Å²) in [6.45, 7) is 9.57. The Morgan fingerprint density at radius 3 is 1.30 bits per heavy atom. The third kappa shape index (κ3) is 5.11. The van der Waals surface area contributed by atoms with Gasteiger partial charge in [-0.15, -0.1) is 0 Å². The Balaban J connectivity index is 0.00000160. The number of fused-ring (bicyclic) bond motifs is 2. The van der Waals surface area contributed by atoms with E-state index < -0.39 is 22.9 Å². The molecule has 0 saturated heterocycles. The van der Waals surface area contributed by atoms with Gasteiger partial charge in [-0.05, 0) is 0 Å². The third-order valence-electron chi connectivity index (χ3n) is 7.75. The molecule has 0 aromatic heterocycles. The number of hydrogen-bond donors (Lipinski definition) is 0. The van der Waals surface area contributed by atoms with Gasteiger partial charge in [-0.1, -0.05) is 0 Å². The molecule has 0 heterocycles. The van der Waals surface area contributed by atoms with E-state index in [1.54, 1.807) is 17.8 Å². The van der Waals surface area contributed by atoms with E-state index in [0.29, 0.717) is 11.8 Å². The van der Waals surface area contributed by atoms with Crippen LogP contribution in [0.5, 0.6) is 0 Å². The smallest absolute Gasteiger partial charge is 1.00 e. The number of halogens is 2. The van der Waals surface area contributed by atoms with Crippen molar-refractivity contribution in [3.8, 4) is 0 Å². The van der Waals surface area contributed by atoms with E-state index in [1.807, 2.05) is 0 Å². The molecule has 184 valence electrons. The summed E-state index contributed by atoms with van der Waals surface area (Å²) in [5.74, 6) is 1.11. The number of allylic oxidation sites excluding steroid dienone is 8. The molecule has 0 radical (unpaired) electrons. The minimum atomic E-state index is -1.16. The van der Waals surface area contributed by atoms with Crippen molar-refractivity contribution in [3.63, 3.8) is 0 Å². The molecule has 4 aromatic carbocycles. The van der Waals surface area contributed by atoms with Crippen LogP contribution in [0.15, 0.2) is 115 Å². The van der Waals surface area contributed by atoms with E-state index in [2.05, 4.69) is 125 Å². The van der Waals surface area contributed by atoms with E-state index in [4.69, 9.17) is 0 Å². The third-order valence-corrected chi connectivity index (χ3v) is 15.7. The van der Waals surface area contributed by atoms with Crippen LogP contribution in [0.25, 0.3) is 32.7 Å². The monoisotopic (exact) mass is 688 g/mol. The molecular formula is C34H30Cl2Hf. The van der Waals surface area contributed by atoms with Crippen molar-refractivity contribution in [1.29, 1.82) is 0 Å². The van der Waals surface area contributed by atoms with Crippen LogP contribution >= 0.6 is 0 Å². The molecule has 0 saturated carbocycles. The van der Waals surface area contributed by atoms with Gasteiger partial charge in [0, 0.05) is 0 Å². The fourth-order valence-electron chi connectivity index (χ4n) is 5.79. The number of rotatable bonds is 4. The zero-order valence-corrected chi connectivity index (χ0v) is 26.8. The first kappa shape index (κ1) is 27.8. The topological polar surface area (TPSA) is 0 Å². The minimum absolute atomic E-state index is 0. The Hall–Kier alpha value is -2.19. The van der Waals surface area contributed by atoms with Gasteiger partial charge in [0.1, 0.15) is 0 Å². The van der Waals surface area contributed by atoms with Gasteiger partial charge in [0.2, 0.25) is 0 Å². The van der Waals surface area contributed by atoms with Crippen LogP contribution < -0.4 is 24.8 Å². The standard InChI is InChI=1S/2C17H15.2ClH.Hf/c2*1-12-9-13(2)17(10-12)16-8-7-14-5-3-4-6-15(14)11-16;;;/h2*3-8,10-12H,1-2H3;2*1H;/q;;;;+2/p-2. The molecule has 3 heteroatoms. The van der Waals surface area contributed by atoms with Crippen LogP contribution in [0.4, 0.5) is 0 Å². The Morgan fingerprint density at radius 1 is 0.514 bits per heavy atom. The van der Waals surface area contributed by atoms with E-state index >= 15 is 0 Å². The molecular weight excluding hydrogens is 658 g/mol. The molecule has 0 amide bonds. The van der Waals surface area contributed by atoms with Crippen molar-refractivity contribution in [2.45, 2.75) is 27.7 Å². The SMILES string of the molecule is CC1=[C]([Hf+2][C]2=C(C)C(c3ccc4ccccc4c3)=CC2C)C(C)C=C1c1ccc2ccccc2c1.[Cl-].[Cl-]. The second-order valence-corrected chi connectivity index (χ2v) is 14.8. The zero-order valence-electron chi connectivity index (χ0n) is 21.6. The fourth-order valence-corrected chi connectivity index (χ4v) is 11.4. The summed E-state index contributed by atoms with van der Waals surface area (Å²) in [4.78, 5) is 0. The fraction of sp³-hybridized carbons (Fsp3) is 0.176. The summed E-state index contributed by atoms with van der Waals surface area (Å²) in [6, 6.07) is 31.3. The van der Waals surface area contributed by atoms with Crippen LogP contribution in [-0.2, 0) is 22.9 Å². The average molecular weight is 688 g/mol. The average Bonchev–Trinajstić information content (AvgIpc) is 3.33. The summed E-state index contributed by atoms with van der Waals surface area (Å²) in [5.41, 5.74) is 8.74. The second kappa shape index (κ2) is 11.3. The van der Waals surface area contributed by atoms with Crippen molar-refractivity contribution in [3.05, 3.63) is 126 Å². The van der Waals surface area contributed by atoms with Gasteiger partial charge in [-0.2, -0.15) is 0 Å². The number of hydrogen-bond acceptors (Lipinski definition) is 0. The Kier molecular flexibility index (Phi) is 8.48. The Bertz CT molecular complexity index is 1500. The van der Waals surface area contributed by atoms with Crippen molar-refractivity contribution in [1.82, 2.24) is 0 Å². The predicted octanol–water partition coefficient (Wildman–Crippen LogP) is 3.40. The van der Waals surface area contributed by atoms with Crippen LogP contribution in [0.2, 0.25) is 0 Å². The van der Waals surface area contributed by atoms with Crippen LogP contribution in [0.1, 0.15) is 38.8 Å². The molecule has 4 aromatic rings. The molecule has 0 aliphatic heterocycles. The Labute approximate surface area is 244 Å². The van der Waals surface area contributed by atoms with E-state index in [1.165, 1.54) is 43.8 Å². The van der Waals surface area contributed by atoms with Crippen molar-refractivity contribution < 1.29 is 47.7 Å². The largest absolute Gasteiger partial charge is 1.00 e. The maximum atomic E-state index is 2.52. The molecule has 0 nitrogen and oxygen atoms in total. The molecule has 6 rings (SSSR count). The summed E-state index contributed by atoms with van der Waals surface area (Å²) in [5, 5.41) is 5.29. The first-order valence-corrected chi connectivity index (χ1v) is 16.2. The maximum absolute atomic E-state index is 2.52. The zero-order chi connectivity index (χ0) is 24.1. The van der Waals surface area contributed by atoms with Crippen molar-refractivity contribution >= 4 is 32.7 Å². The first-order chi connectivity index (χ1) is 17.0. The van der Waals surface area contributed by atoms with Crippen LogP contribution in [-0.4, -0.2) is 0 Å². The van der Waals surface area contributed by atoms with Gasteiger partial charge >= 0.3 is 221 Å². The second-order valence-electron chi connectivity index (χ2n) is 10.1. The normalized spacial score (nSPS) is 18.9. The van der Waals surface area contributed by atoms with Gasteiger partial charge < -0.3 is 24.8 Å². The van der Waals surface area contributed by atoms with Crippen LogP contribution in [0, 0.1) is 11.8 Å². The summed E-state index contributed by atoms with van der Waals surface area (Å²) < 4.78 is 3.53. The summed E-state index contributed by atoms with van der Waals surface area (Å²) in [6.07, 6.45) is 5.05. The molecule has 37 heavy (non-hydrogen) atoms. The molecule has 0 spiro atoms. The molecule has 0 bridgehead atoms. The van der Waals surface area contributed by atoms with Gasteiger partial charge in [0.05, 0.1) is 0 Å². The van der Waals surface area contributed by atoms with Gasteiger partial charge in [-0.25, -0.2) is 0 Å². The molecule has 2 unspecified atom stereocenters. The van der Waals surface area contributed by atoms with Crippen molar-refractivity contribution in [2.75, 3.05) is 0 Å². The van der Waals surface area contributed by atoms with Crippen LogP contribution in [0.3, 0.4) is 0 Å². The van der Waals surface area contributed by atoms with Gasteiger partial charge in [0.25, 0.3) is 0 Å². The molecule has 2 aliphatic carbocycles.